The Morgan fingerprint density at radius 3 is 2.75 bits per heavy atom. The summed E-state index contributed by atoms with van der Waals surface area (Å²) in [6.45, 7) is 10.5. The van der Waals surface area contributed by atoms with Gasteiger partial charge in [0.2, 0.25) is 0 Å². The molecule has 0 bridgehead atoms. The third-order valence-electron chi connectivity index (χ3n) is 5.71. The number of benzene rings is 1. The van der Waals surface area contributed by atoms with Crippen molar-refractivity contribution >= 4 is 29.9 Å². The summed E-state index contributed by atoms with van der Waals surface area (Å²) in [6, 6.07) is 8.78. The average Bonchev–Trinajstić information content (AvgIpc) is 3.24. The number of hydrogen-bond acceptors (Lipinski definition) is 5. The summed E-state index contributed by atoms with van der Waals surface area (Å²) in [4.78, 5) is 9.69. The molecule has 8 nitrogen and oxygen atoms in total. The number of guanidine groups is 1. The number of nitrogens with zero attached hydrogens (tertiary/aromatic N) is 5. The molecule has 0 radical (unpaired) electrons. The third kappa shape index (κ3) is 6.90. The van der Waals surface area contributed by atoms with Crippen LogP contribution in [0.15, 0.2) is 41.7 Å². The Hall–Kier alpha value is -1.69. The van der Waals surface area contributed by atoms with E-state index in [9.17, 15) is 0 Å². The highest BCUT2D eigenvalue weighted by Crippen LogP contribution is 2.22. The largest absolute Gasteiger partial charge is 0.379 e. The molecule has 2 fully saturated rings. The summed E-state index contributed by atoms with van der Waals surface area (Å²) in [5, 5.41) is 7.74. The summed E-state index contributed by atoms with van der Waals surface area (Å²) >= 11 is 0. The number of nitrogens with one attached hydrogen (secondary N) is 1. The van der Waals surface area contributed by atoms with Gasteiger partial charge in [-0.15, -0.1) is 24.0 Å². The number of hydrogen-bond donors (Lipinski definition) is 1. The Morgan fingerprint density at radius 2 is 2.00 bits per heavy atom. The number of aromatic nitrogens is 2. The molecule has 32 heavy (non-hydrogen) atoms. The van der Waals surface area contributed by atoms with E-state index >= 15 is 0 Å². The van der Waals surface area contributed by atoms with Crippen LogP contribution in [0.1, 0.15) is 29.7 Å². The average molecular weight is 554 g/mol. The number of aliphatic imine (C=N–C) groups is 1. The molecule has 2 aromatic rings. The van der Waals surface area contributed by atoms with Crippen LogP contribution in [0.4, 0.5) is 0 Å². The van der Waals surface area contributed by atoms with Gasteiger partial charge in [-0.2, -0.15) is 5.10 Å². The van der Waals surface area contributed by atoms with Gasteiger partial charge in [0, 0.05) is 51.5 Å². The minimum atomic E-state index is 0. The Balaban J connectivity index is 0.00000289. The van der Waals surface area contributed by atoms with Gasteiger partial charge in [-0.25, -0.2) is 4.99 Å². The summed E-state index contributed by atoms with van der Waals surface area (Å²) < 4.78 is 13.3. The number of morpholine rings is 2. The molecule has 3 heterocycles. The van der Waals surface area contributed by atoms with Crippen molar-refractivity contribution in [2.75, 3.05) is 52.5 Å². The molecule has 1 N–H and O–H groups in total. The molecule has 2 saturated heterocycles. The summed E-state index contributed by atoms with van der Waals surface area (Å²) in [5.41, 5.74) is 3.68. The van der Waals surface area contributed by atoms with Crippen molar-refractivity contribution in [2.45, 2.75) is 26.1 Å². The highest BCUT2D eigenvalue weighted by Gasteiger charge is 2.25. The zero-order chi connectivity index (χ0) is 21.5. The van der Waals surface area contributed by atoms with Crippen LogP contribution in [0.2, 0.25) is 0 Å². The van der Waals surface area contributed by atoms with Crippen LogP contribution in [0, 0.1) is 0 Å². The van der Waals surface area contributed by atoms with Gasteiger partial charge in [-0.3, -0.25) is 9.58 Å². The second kappa shape index (κ2) is 12.5. The SMILES string of the molecule is CCNC(=NCc1cccc(CN2CCOCC2)c1)N1CCOC(c2cnn(C)c2)C1.I. The highest BCUT2D eigenvalue weighted by molar-refractivity contribution is 14.0. The first-order chi connectivity index (χ1) is 15.2. The maximum atomic E-state index is 6.00. The Morgan fingerprint density at radius 1 is 1.19 bits per heavy atom. The van der Waals surface area contributed by atoms with Crippen LogP contribution < -0.4 is 5.32 Å². The lowest BCUT2D eigenvalue weighted by Crippen LogP contribution is -2.48. The van der Waals surface area contributed by atoms with Crippen molar-refractivity contribution in [3.05, 3.63) is 53.3 Å². The molecule has 2 aliphatic heterocycles. The van der Waals surface area contributed by atoms with Crippen molar-refractivity contribution in [2.24, 2.45) is 12.0 Å². The van der Waals surface area contributed by atoms with Crippen LogP contribution in [-0.4, -0.2) is 78.1 Å². The predicted octanol–water partition coefficient (Wildman–Crippen LogP) is 2.41. The van der Waals surface area contributed by atoms with Gasteiger partial charge in [0.1, 0.15) is 6.10 Å². The van der Waals surface area contributed by atoms with E-state index in [0.29, 0.717) is 13.2 Å². The lowest BCUT2D eigenvalue weighted by Gasteiger charge is -2.34. The molecule has 1 aromatic carbocycles. The maximum absolute atomic E-state index is 6.00. The van der Waals surface area contributed by atoms with E-state index < -0.39 is 0 Å². The number of halogens is 1. The number of ether oxygens (including phenoxy) is 2. The minimum absolute atomic E-state index is 0. The van der Waals surface area contributed by atoms with E-state index in [1.54, 1.807) is 0 Å². The maximum Gasteiger partial charge on any atom is 0.194 e. The first kappa shape index (κ1) is 24.9. The lowest BCUT2D eigenvalue weighted by molar-refractivity contribution is -0.00805. The molecule has 0 saturated carbocycles. The molecular weight excluding hydrogens is 519 g/mol. The Bertz CT molecular complexity index is 868. The van der Waals surface area contributed by atoms with E-state index in [4.69, 9.17) is 14.5 Å². The van der Waals surface area contributed by atoms with Crippen molar-refractivity contribution in [1.82, 2.24) is 24.9 Å². The molecule has 4 rings (SSSR count). The molecule has 2 aliphatic rings. The van der Waals surface area contributed by atoms with Gasteiger partial charge in [-0.1, -0.05) is 24.3 Å². The fourth-order valence-electron chi connectivity index (χ4n) is 4.09. The standard InChI is InChI=1S/C23H34N6O2.HI/c1-3-24-23(29-9-12-31-22(18-29)21-15-26-27(2)17-21)25-14-19-5-4-6-20(13-19)16-28-7-10-30-11-8-28;/h4-6,13,15,17,22H,3,7-12,14,16,18H2,1-2H3,(H,24,25);1H. The van der Waals surface area contributed by atoms with E-state index in [1.165, 1.54) is 11.1 Å². The van der Waals surface area contributed by atoms with E-state index in [-0.39, 0.29) is 30.1 Å². The zero-order valence-corrected chi connectivity index (χ0v) is 21.4. The molecule has 0 spiro atoms. The number of aryl methyl sites for hydroxylation is 1. The van der Waals surface area contributed by atoms with Gasteiger partial charge < -0.3 is 19.7 Å². The van der Waals surface area contributed by atoms with Crippen LogP contribution >= 0.6 is 24.0 Å². The van der Waals surface area contributed by atoms with Gasteiger partial charge in [0.25, 0.3) is 0 Å². The Kier molecular flexibility index (Phi) is 9.76. The first-order valence-electron chi connectivity index (χ1n) is 11.2. The molecule has 0 amide bonds. The van der Waals surface area contributed by atoms with Crippen molar-refractivity contribution in [3.8, 4) is 0 Å². The van der Waals surface area contributed by atoms with E-state index in [1.807, 2.05) is 24.1 Å². The van der Waals surface area contributed by atoms with E-state index in [2.05, 4.69) is 51.4 Å². The van der Waals surface area contributed by atoms with Crippen LogP contribution in [0.3, 0.4) is 0 Å². The second-order valence-corrected chi connectivity index (χ2v) is 8.13. The smallest absolute Gasteiger partial charge is 0.194 e. The topological polar surface area (TPSA) is 67.2 Å². The van der Waals surface area contributed by atoms with Gasteiger partial charge in [0.05, 0.1) is 39.1 Å². The van der Waals surface area contributed by atoms with Crippen LogP contribution in [0.5, 0.6) is 0 Å². The highest BCUT2D eigenvalue weighted by atomic mass is 127. The zero-order valence-electron chi connectivity index (χ0n) is 19.1. The molecular formula is C23H35IN6O2. The van der Waals surface area contributed by atoms with Gasteiger partial charge >= 0.3 is 0 Å². The lowest BCUT2D eigenvalue weighted by atomic mass is 10.1. The normalized spacial score (nSPS) is 20.1. The minimum Gasteiger partial charge on any atom is -0.379 e. The molecule has 176 valence electrons. The van der Waals surface area contributed by atoms with E-state index in [0.717, 1.165) is 64.0 Å². The fourth-order valence-corrected chi connectivity index (χ4v) is 4.09. The summed E-state index contributed by atoms with van der Waals surface area (Å²) in [6.07, 6.45) is 3.93. The molecule has 9 heteroatoms. The van der Waals surface area contributed by atoms with Crippen LogP contribution in [0.25, 0.3) is 0 Å². The molecule has 1 aromatic heterocycles. The second-order valence-electron chi connectivity index (χ2n) is 8.13. The monoisotopic (exact) mass is 554 g/mol. The summed E-state index contributed by atoms with van der Waals surface area (Å²) in [5.74, 6) is 0.943. The van der Waals surface area contributed by atoms with Crippen molar-refractivity contribution in [1.29, 1.82) is 0 Å². The predicted molar refractivity (Wildman–Crippen MR) is 136 cm³/mol. The quantitative estimate of drug-likeness (QED) is 0.336. The first-order valence-corrected chi connectivity index (χ1v) is 11.2. The molecule has 1 atom stereocenters. The summed E-state index contributed by atoms with van der Waals surface area (Å²) in [7, 11) is 1.93. The van der Waals surface area contributed by atoms with Gasteiger partial charge in [-0.05, 0) is 18.1 Å². The van der Waals surface area contributed by atoms with Crippen molar-refractivity contribution in [3.63, 3.8) is 0 Å². The van der Waals surface area contributed by atoms with Crippen molar-refractivity contribution < 1.29 is 9.47 Å². The fraction of sp³-hybridized carbons (Fsp3) is 0.565. The Labute approximate surface area is 208 Å². The molecule has 1 unspecified atom stereocenters. The van der Waals surface area contributed by atoms with Gasteiger partial charge in [0.15, 0.2) is 5.96 Å². The molecule has 0 aliphatic carbocycles. The third-order valence-corrected chi connectivity index (χ3v) is 5.71. The number of rotatable bonds is 6. The van der Waals surface area contributed by atoms with Crippen LogP contribution in [-0.2, 0) is 29.6 Å².